The molecular weight excluding hydrogens is 268 g/mol. The maximum atomic E-state index is 12.1. The van der Waals surface area contributed by atoms with Crippen molar-refractivity contribution >= 4 is 15.7 Å². The average molecular weight is 288 g/mol. The predicted octanol–water partition coefficient (Wildman–Crippen LogP) is -0.0928. The summed E-state index contributed by atoms with van der Waals surface area (Å²) in [4.78, 5) is -0.0238. The maximum Gasteiger partial charge on any atom is 0.242 e. The van der Waals surface area contributed by atoms with Crippen LogP contribution in [0.15, 0.2) is 17.0 Å². The minimum atomic E-state index is -3.82. The highest BCUT2D eigenvalue weighted by Crippen LogP contribution is 2.22. The van der Waals surface area contributed by atoms with Gasteiger partial charge in [0.25, 0.3) is 0 Å². The van der Waals surface area contributed by atoms with Gasteiger partial charge in [-0.1, -0.05) is 0 Å². The topological polar surface area (TPSA) is 113 Å². The molecule has 0 saturated heterocycles. The number of anilines is 1. The Bertz CT molecular complexity index is 567. The van der Waals surface area contributed by atoms with Crippen LogP contribution in [-0.4, -0.2) is 37.4 Å². The second kappa shape index (κ2) is 5.46. The average Bonchev–Trinajstić information content (AvgIpc) is 2.31. The van der Waals surface area contributed by atoms with Crippen LogP contribution in [-0.2, 0) is 10.0 Å². The molecule has 1 rings (SSSR count). The van der Waals surface area contributed by atoms with Gasteiger partial charge in [-0.25, -0.2) is 13.1 Å². The molecule has 0 fully saturated rings. The molecule has 1 aromatic rings. The molecule has 5 N–H and O–H groups in total. The Hall–Kier alpha value is -1.15. The lowest BCUT2D eigenvalue weighted by Gasteiger charge is -2.21. The first-order valence-electron chi connectivity index (χ1n) is 5.79. The van der Waals surface area contributed by atoms with Crippen molar-refractivity contribution in [2.45, 2.75) is 31.3 Å². The number of nitrogens with two attached hydrogens (primary N) is 1. The van der Waals surface area contributed by atoms with Crippen LogP contribution < -0.4 is 10.5 Å². The summed E-state index contributed by atoms with van der Waals surface area (Å²) in [7, 11) is -3.82. The maximum absolute atomic E-state index is 12.1. The highest BCUT2D eigenvalue weighted by atomic mass is 32.2. The van der Waals surface area contributed by atoms with Crippen molar-refractivity contribution in [2.75, 3.05) is 18.9 Å². The molecule has 0 aliphatic carbocycles. The van der Waals surface area contributed by atoms with E-state index >= 15 is 0 Å². The highest BCUT2D eigenvalue weighted by Gasteiger charge is 2.24. The summed E-state index contributed by atoms with van der Waals surface area (Å²) in [5, 5.41) is 18.5. The van der Waals surface area contributed by atoms with Gasteiger partial charge in [-0.2, -0.15) is 0 Å². The molecule has 0 spiro atoms. The molecule has 0 aromatic heterocycles. The summed E-state index contributed by atoms with van der Waals surface area (Å²) in [6.45, 7) is 4.12. The first-order valence-corrected chi connectivity index (χ1v) is 7.27. The van der Waals surface area contributed by atoms with E-state index in [1.807, 2.05) is 6.92 Å². The molecule has 19 heavy (non-hydrogen) atoms. The lowest BCUT2D eigenvalue weighted by atomic mass is 10.1. The van der Waals surface area contributed by atoms with Gasteiger partial charge >= 0.3 is 0 Å². The minimum absolute atomic E-state index is 0.0238. The van der Waals surface area contributed by atoms with Crippen LogP contribution in [0.1, 0.15) is 18.1 Å². The zero-order valence-electron chi connectivity index (χ0n) is 11.3. The normalized spacial score (nSPS) is 15.2. The number of rotatable bonds is 5. The van der Waals surface area contributed by atoms with E-state index in [2.05, 4.69) is 4.72 Å². The number of benzene rings is 1. The van der Waals surface area contributed by atoms with Gasteiger partial charge in [-0.3, -0.25) is 0 Å². The third-order valence-corrected chi connectivity index (χ3v) is 4.36. The van der Waals surface area contributed by atoms with Crippen molar-refractivity contribution in [1.82, 2.24) is 4.72 Å². The van der Waals surface area contributed by atoms with E-state index in [4.69, 9.17) is 10.8 Å². The van der Waals surface area contributed by atoms with Crippen LogP contribution in [0.5, 0.6) is 0 Å². The number of aryl methyl sites for hydroxylation is 2. The molecule has 7 heteroatoms. The van der Waals surface area contributed by atoms with E-state index in [9.17, 15) is 13.5 Å². The van der Waals surface area contributed by atoms with Gasteiger partial charge in [-0.15, -0.1) is 0 Å². The first kappa shape index (κ1) is 15.9. The molecule has 0 aliphatic heterocycles. The van der Waals surface area contributed by atoms with Crippen LogP contribution in [0, 0.1) is 13.8 Å². The fraction of sp³-hybridized carbons (Fsp3) is 0.500. The number of nitrogen functional groups attached to an aromatic ring is 1. The summed E-state index contributed by atoms with van der Waals surface area (Å²) >= 11 is 0. The Morgan fingerprint density at radius 3 is 2.37 bits per heavy atom. The van der Waals surface area contributed by atoms with Crippen molar-refractivity contribution in [2.24, 2.45) is 0 Å². The zero-order valence-corrected chi connectivity index (χ0v) is 12.1. The molecule has 0 radical (unpaired) electrons. The molecular formula is C12H20N2O4S. The molecule has 1 atom stereocenters. The Kier molecular flexibility index (Phi) is 4.57. The molecule has 6 nitrogen and oxygen atoms in total. The Morgan fingerprint density at radius 1 is 1.32 bits per heavy atom. The summed E-state index contributed by atoms with van der Waals surface area (Å²) in [5.74, 6) is 0. The third kappa shape index (κ3) is 3.90. The molecule has 108 valence electrons. The van der Waals surface area contributed by atoms with Crippen molar-refractivity contribution in [1.29, 1.82) is 0 Å². The fourth-order valence-corrected chi connectivity index (χ4v) is 2.79. The first-order chi connectivity index (χ1) is 8.59. The third-order valence-electron chi connectivity index (χ3n) is 2.90. The molecule has 1 aromatic carbocycles. The van der Waals surface area contributed by atoms with Gasteiger partial charge in [0.05, 0.1) is 17.9 Å². The zero-order chi connectivity index (χ0) is 14.8. The number of aliphatic hydroxyl groups excluding tert-OH is 1. The van der Waals surface area contributed by atoms with Crippen molar-refractivity contribution in [3.63, 3.8) is 0 Å². The van der Waals surface area contributed by atoms with Crippen molar-refractivity contribution in [3.05, 3.63) is 23.3 Å². The number of sulfonamides is 1. The van der Waals surface area contributed by atoms with Gasteiger partial charge in [-0.05, 0) is 44.0 Å². The fourth-order valence-electron chi connectivity index (χ4n) is 1.43. The quantitative estimate of drug-likeness (QED) is 0.566. The molecule has 0 bridgehead atoms. The van der Waals surface area contributed by atoms with Gasteiger partial charge in [0, 0.05) is 6.54 Å². The highest BCUT2D eigenvalue weighted by molar-refractivity contribution is 7.89. The lowest BCUT2D eigenvalue weighted by molar-refractivity contribution is 0.00681. The molecule has 0 heterocycles. The van der Waals surface area contributed by atoms with Gasteiger partial charge < -0.3 is 15.9 Å². The van der Waals surface area contributed by atoms with Gasteiger partial charge in [0.2, 0.25) is 10.0 Å². The van der Waals surface area contributed by atoms with E-state index in [1.165, 1.54) is 13.0 Å². The van der Waals surface area contributed by atoms with E-state index in [0.29, 0.717) is 0 Å². The Labute approximate surface area is 113 Å². The van der Waals surface area contributed by atoms with E-state index in [1.54, 1.807) is 13.0 Å². The van der Waals surface area contributed by atoms with Crippen LogP contribution in [0.3, 0.4) is 0 Å². The number of nitrogens with one attached hydrogen (secondary N) is 1. The lowest BCUT2D eigenvalue weighted by Crippen LogP contribution is -2.43. The Morgan fingerprint density at radius 2 is 1.84 bits per heavy atom. The number of hydrogen-bond acceptors (Lipinski definition) is 5. The molecule has 0 amide bonds. The number of hydrogen-bond donors (Lipinski definition) is 4. The SMILES string of the molecule is Cc1cc(N)c(S(=O)(=O)NCC(C)(O)CO)cc1C. The van der Waals surface area contributed by atoms with Gasteiger partial charge in [0.1, 0.15) is 4.90 Å². The second-order valence-electron chi connectivity index (χ2n) is 4.95. The Balaban J connectivity index is 3.05. The largest absolute Gasteiger partial charge is 0.398 e. The van der Waals surface area contributed by atoms with Crippen molar-refractivity contribution in [3.8, 4) is 0 Å². The van der Waals surface area contributed by atoms with E-state index in [-0.39, 0.29) is 17.1 Å². The van der Waals surface area contributed by atoms with Crippen LogP contribution >= 0.6 is 0 Å². The van der Waals surface area contributed by atoms with Gasteiger partial charge in [0.15, 0.2) is 0 Å². The van der Waals surface area contributed by atoms with Crippen LogP contribution in [0.2, 0.25) is 0 Å². The summed E-state index contributed by atoms with van der Waals surface area (Å²) in [6.07, 6.45) is 0. The molecule has 0 aliphatic rings. The second-order valence-corrected chi connectivity index (χ2v) is 6.69. The smallest absolute Gasteiger partial charge is 0.242 e. The summed E-state index contributed by atoms with van der Waals surface area (Å²) < 4.78 is 26.4. The van der Waals surface area contributed by atoms with E-state index < -0.39 is 22.2 Å². The van der Waals surface area contributed by atoms with Crippen LogP contribution in [0.4, 0.5) is 5.69 Å². The van der Waals surface area contributed by atoms with Crippen molar-refractivity contribution < 1.29 is 18.6 Å². The standard InChI is InChI=1S/C12H20N2O4S/c1-8-4-10(13)11(5-9(8)2)19(17,18)14-6-12(3,16)7-15/h4-5,14-16H,6-7,13H2,1-3H3. The predicted molar refractivity (Wildman–Crippen MR) is 73.2 cm³/mol. The van der Waals surface area contributed by atoms with E-state index in [0.717, 1.165) is 11.1 Å². The minimum Gasteiger partial charge on any atom is -0.398 e. The number of aliphatic hydroxyl groups is 2. The molecule has 1 unspecified atom stereocenters. The monoisotopic (exact) mass is 288 g/mol. The summed E-state index contributed by atoms with van der Waals surface area (Å²) in [6, 6.07) is 3.08. The summed E-state index contributed by atoms with van der Waals surface area (Å²) in [5.41, 5.74) is 6.07. The molecule has 0 saturated carbocycles. The van der Waals surface area contributed by atoms with Crippen LogP contribution in [0.25, 0.3) is 0 Å².